The first kappa shape index (κ1) is 9.99. The lowest BCUT2D eigenvalue weighted by Gasteiger charge is -2.07. The first-order chi connectivity index (χ1) is 7.11. The normalized spacial score (nSPS) is 10.5. The Bertz CT molecular complexity index is 547. The number of hydrogen-bond acceptors (Lipinski definition) is 2. The first-order valence-electron chi connectivity index (χ1n) is 4.52. The van der Waals surface area contributed by atoms with E-state index in [1.165, 1.54) is 13.0 Å². The number of halogens is 1. The number of phenols is 1. The number of fused-ring (bicyclic) bond motifs is 1. The summed E-state index contributed by atoms with van der Waals surface area (Å²) < 4.78 is 0. The molecule has 0 saturated heterocycles. The number of carbonyl (C=O) groups is 1. The largest absolute Gasteiger partial charge is 0.506 e. The van der Waals surface area contributed by atoms with Crippen LogP contribution in [0.25, 0.3) is 10.8 Å². The van der Waals surface area contributed by atoms with Gasteiger partial charge in [-0.3, -0.25) is 4.79 Å². The van der Waals surface area contributed by atoms with Crippen LogP contribution >= 0.6 is 11.6 Å². The highest BCUT2D eigenvalue weighted by molar-refractivity contribution is 6.34. The molecule has 3 heteroatoms. The minimum Gasteiger partial charge on any atom is -0.506 e. The number of ketones is 1. The van der Waals surface area contributed by atoms with Crippen molar-refractivity contribution in [3.63, 3.8) is 0 Å². The van der Waals surface area contributed by atoms with Gasteiger partial charge in [-0.25, -0.2) is 0 Å². The van der Waals surface area contributed by atoms with Crippen molar-refractivity contribution in [2.24, 2.45) is 0 Å². The number of rotatable bonds is 1. The van der Waals surface area contributed by atoms with Crippen molar-refractivity contribution in [3.8, 4) is 5.75 Å². The number of benzene rings is 2. The van der Waals surface area contributed by atoms with Gasteiger partial charge in [0.1, 0.15) is 5.75 Å². The van der Waals surface area contributed by atoms with E-state index < -0.39 is 0 Å². The van der Waals surface area contributed by atoms with Crippen LogP contribution in [0.4, 0.5) is 0 Å². The predicted molar refractivity (Wildman–Crippen MR) is 60.6 cm³/mol. The molecule has 0 aliphatic carbocycles. The average molecular weight is 221 g/mol. The van der Waals surface area contributed by atoms with E-state index in [1.54, 1.807) is 18.2 Å². The van der Waals surface area contributed by atoms with Crippen LogP contribution in [0.5, 0.6) is 5.75 Å². The van der Waals surface area contributed by atoms with E-state index in [4.69, 9.17) is 11.6 Å². The lowest BCUT2D eigenvalue weighted by atomic mass is 10.0. The van der Waals surface area contributed by atoms with Gasteiger partial charge in [0, 0.05) is 10.9 Å². The van der Waals surface area contributed by atoms with E-state index in [2.05, 4.69) is 0 Å². The zero-order valence-corrected chi connectivity index (χ0v) is 8.88. The summed E-state index contributed by atoms with van der Waals surface area (Å²) in [5.74, 6) is -0.0367. The van der Waals surface area contributed by atoms with Gasteiger partial charge in [-0.15, -0.1) is 0 Å². The number of aromatic hydroxyl groups is 1. The lowest BCUT2D eigenvalue weighted by Crippen LogP contribution is -1.94. The van der Waals surface area contributed by atoms with Crippen LogP contribution < -0.4 is 0 Å². The molecule has 0 heterocycles. The number of carbonyl (C=O) groups excluding carboxylic acids is 1. The molecule has 0 aliphatic rings. The second kappa shape index (κ2) is 3.55. The van der Waals surface area contributed by atoms with Crippen LogP contribution in [0.1, 0.15) is 17.3 Å². The summed E-state index contributed by atoms with van der Waals surface area (Å²) in [4.78, 5) is 11.4. The highest BCUT2D eigenvalue weighted by atomic mass is 35.5. The van der Waals surface area contributed by atoms with Gasteiger partial charge in [0.05, 0.1) is 5.02 Å². The van der Waals surface area contributed by atoms with Gasteiger partial charge >= 0.3 is 0 Å². The highest BCUT2D eigenvalue weighted by Gasteiger charge is 2.11. The third-order valence-electron chi connectivity index (χ3n) is 2.35. The molecule has 2 aromatic carbocycles. The molecule has 0 radical (unpaired) electrons. The minimum absolute atomic E-state index is 0.0252. The molecule has 0 bridgehead atoms. The Kier molecular flexibility index (Phi) is 2.37. The monoisotopic (exact) mass is 220 g/mol. The average Bonchev–Trinajstić information content (AvgIpc) is 2.23. The van der Waals surface area contributed by atoms with Crippen LogP contribution in [-0.4, -0.2) is 10.9 Å². The quantitative estimate of drug-likeness (QED) is 0.748. The smallest absolute Gasteiger partial charge is 0.160 e. The third-order valence-corrected chi connectivity index (χ3v) is 2.64. The van der Waals surface area contributed by atoms with Crippen LogP contribution in [0, 0.1) is 0 Å². The molecular weight excluding hydrogens is 212 g/mol. The summed E-state index contributed by atoms with van der Waals surface area (Å²) in [5.41, 5.74) is 0.536. The molecule has 0 saturated carbocycles. The zero-order chi connectivity index (χ0) is 11.0. The van der Waals surface area contributed by atoms with E-state index in [0.717, 1.165) is 5.39 Å². The van der Waals surface area contributed by atoms with Crippen molar-refractivity contribution in [1.29, 1.82) is 0 Å². The molecule has 0 fully saturated rings. The van der Waals surface area contributed by atoms with Crippen molar-refractivity contribution in [3.05, 3.63) is 40.9 Å². The second-order valence-electron chi connectivity index (χ2n) is 3.36. The molecule has 2 nitrogen and oxygen atoms in total. The van der Waals surface area contributed by atoms with Crippen molar-refractivity contribution >= 4 is 28.2 Å². The van der Waals surface area contributed by atoms with Crippen molar-refractivity contribution in [1.82, 2.24) is 0 Å². The molecule has 0 atom stereocenters. The lowest BCUT2D eigenvalue weighted by molar-refractivity contribution is 0.101. The molecule has 0 aromatic heterocycles. The maximum absolute atomic E-state index is 11.4. The SMILES string of the molecule is CC(=O)c1cc(Cl)c(O)c2ccccc12. The molecule has 1 N–H and O–H groups in total. The summed E-state index contributed by atoms with van der Waals surface area (Å²) in [7, 11) is 0. The Morgan fingerprint density at radius 1 is 1.27 bits per heavy atom. The van der Waals surface area contributed by atoms with E-state index in [1.807, 2.05) is 6.07 Å². The van der Waals surface area contributed by atoms with Gasteiger partial charge in [0.2, 0.25) is 0 Å². The number of phenolic OH excluding ortho intramolecular Hbond substituents is 1. The summed E-state index contributed by atoms with van der Waals surface area (Å²) in [6.45, 7) is 1.48. The Labute approximate surface area is 92.1 Å². The van der Waals surface area contributed by atoms with Gasteiger partial charge in [0.15, 0.2) is 5.78 Å². The van der Waals surface area contributed by atoms with Gasteiger partial charge in [0.25, 0.3) is 0 Å². The van der Waals surface area contributed by atoms with Gasteiger partial charge in [-0.1, -0.05) is 35.9 Å². The Balaban J connectivity index is 2.94. The third kappa shape index (κ3) is 1.57. The van der Waals surface area contributed by atoms with Gasteiger partial charge in [-0.05, 0) is 18.4 Å². The molecule has 0 spiro atoms. The molecule has 2 aromatic rings. The second-order valence-corrected chi connectivity index (χ2v) is 3.76. The molecule has 76 valence electrons. The first-order valence-corrected chi connectivity index (χ1v) is 4.90. The molecule has 0 unspecified atom stereocenters. The predicted octanol–water partition coefficient (Wildman–Crippen LogP) is 3.40. The number of hydrogen-bond donors (Lipinski definition) is 1. The Morgan fingerprint density at radius 2 is 1.87 bits per heavy atom. The van der Waals surface area contributed by atoms with Crippen molar-refractivity contribution < 1.29 is 9.90 Å². The zero-order valence-electron chi connectivity index (χ0n) is 8.12. The molecule has 0 amide bonds. The molecule has 15 heavy (non-hydrogen) atoms. The summed E-state index contributed by atoms with van der Waals surface area (Å²) >= 11 is 5.83. The summed E-state index contributed by atoms with van der Waals surface area (Å²) in [6, 6.07) is 8.65. The molecular formula is C12H9ClO2. The van der Waals surface area contributed by atoms with Gasteiger partial charge < -0.3 is 5.11 Å². The Morgan fingerprint density at radius 3 is 2.47 bits per heavy atom. The van der Waals surface area contributed by atoms with Gasteiger partial charge in [-0.2, -0.15) is 0 Å². The Hall–Kier alpha value is -1.54. The highest BCUT2D eigenvalue weighted by Crippen LogP contribution is 2.34. The van der Waals surface area contributed by atoms with E-state index in [-0.39, 0.29) is 16.6 Å². The topological polar surface area (TPSA) is 37.3 Å². The van der Waals surface area contributed by atoms with Crippen molar-refractivity contribution in [2.75, 3.05) is 0 Å². The van der Waals surface area contributed by atoms with Crippen LogP contribution in [0.15, 0.2) is 30.3 Å². The van der Waals surface area contributed by atoms with E-state index >= 15 is 0 Å². The number of Topliss-reactive ketones (excluding diaryl/α,β-unsaturated/α-hetero) is 1. The van der Waals surface area contributed by atoms with Crippen molar-refractivity contribution in [2.45, 2.75) is 6.92 Å². The maximum atomic E-state index is 11.4. The fraction of sp³-hybridized carbons (Fsp3) is 0.0833. The van der Waals surface area contributed by atoms with Crippen LogP contribution in [0.2, 0.25) is 5.02 Å². The fourth-order valence-electron chi connectivity index (χ4n) is 1.62. The summed E-state index contributed by atoms with van der Waals surface area (Å²) in [6.07, 6.45) is 0. The minimum atomic E-state index is -0.0619. The summed E-state index contributed by atoms with van der Waals surface area (Å²) in [5, 5.41) is 11.3. The maximum Gasteiger partial charge on any atom is 0.160 e. The standard InChI is InChI=1S/C12H9ClO2/c1-7(14)10-6-11(13)12(15)9-5-3-2-4-8(9)10/h2-6,15H,1H3. The van der Waals surface area contributed by atoms with E-state index in [0.29, 0.717) is 10.9 Å². The van der Waals surface area contributed by atoms with E-state index in [9.17, 15) is 9.90 Å². The fourth-order valence-corrected chi connectivity index (χ4v) is 1.83. The van der Waals surface area contributed by atoms with Crippen LogP contribution in [-0.2, 0) is 0 Å². The molecule has 0 aliphatic heterocycles. The van der Waals surface area contributed by atoms with Crippen LogP contribution in [0.3, 0.4) is 0 Å². The molecule has 2 rings (SSSR count).